The maximum Gasteiger partial charge on any atom is 0.337 e. The topological polar surface area (TPSA) is 114 Å². The number of aromatic carboxylic acids is 1. The Morgan fingerprint density at radius 2 is 1.94 bits per heavy atom. The van der Waals surface area contributed by atoms with Crippen LogP contribution < -0.4 is 10.5 Å². The number of H-pyrrole nitrogens is 1. The van der Waals surface area contributed by atoms with Crippen molar-refractivity contribution in [1.82, 2.24) is 15.0 Å². The number of nitrogens with zero attached hydrogens (tertiary/aromatic N) is 2. The van der Waals surface area contributed by atoms with E-state index in [0.717, 1.165) is 47.4 Å². The number of hydrogen-bond acceptors (Lipinski definition) is 5. The molecule has 0 saturated heterocycles. The number of halogens is 2. The summed E-state index contributed by atoms with van der Waals surface area (Å²) in [6.07, 6.45) is 6.66. The molecule has 0 amide bonds. The zero-order chi connectivity index (χ0) is 25.0. The van der Waals surface area contributed by atoms with Gasteiger partial charge in [0, 0.05) is 47.4 Å². The zero-order valence-electron chi connectivity index (χ0n) is 19.1. The molecule has 1 aromatic carbocycles. The molecule has 9 heteroatoms. The Hall–Kier alpha value is -4.11. The van der Waals surface area contributed by atoms with Crippen LogP contribution >= 0.6 is 0 Å². The van der Waals surface area contributed by atoms with Crippen LogP contribution in [0.1, 0.15) is 46.1 Å². The van der Waals surface area contributed by atoms with E-state index in [0.29, 0.717) is 41.3 Å². The smallest absolute Gasteiger partial charge is 0.337 e. The van der Waals surface area contributed by atoms with Crippen molar-refractivity contribution < 1.29 is 23.4 Å². The summed E-state index contributed by atoms with van der Waals surface area (Å²) in [5, 5.41) is 9.95. The highest BCUT2D eigenvalue weighted by molar-refractivity contribution is 5.95. The SMILES string of the molecule is NC(c1[nH]c2c(c1C(=O)O)CCc1cnc(-c3ccc(Oc4ccc(F)cc4F)nc3)cc1-2)C1CC1. The summed E-state index contributed by atoms with van der Waals surface area (Å²) >= 11 is 0. The van der Waals surface area contributed by atoms with Crippen LogP contribution in [0.5, 0.6) is 11.6 Å². The van der Waals surface area contributed by atoms with Crippen LogP contribution in [0.15, 0.2) is 48.8 Å². The standard InChI is InChI=1S/C27H22F2N4O3/c28-16-5-7-21(19(29)9-16)36-22-8-4-15(12-32-22)20-10-18-14(11-31-20)3-6-17-23(27(34)35)26(33-25(17)18)24(30)13-1-2-13/h4-5,7-13,24,33H,1-3,6,30H2,(H,34,35). The second-order valence-electron chi connectivity index (χ2n) is 9.22. The van der Waals surface area contributed by atoms with Gasteiger partial charge in [0.25, 0.3) is 0 Å². The number of aromatic amines is 1. The number of nitrogens with one attached hydrogen (secondary N) is 1. The number of rotatable bonds is 6. The predicted octanol–water partition coefficient (Wildman–Crippen LogP) is 5.42. The monoisotopic (exact) mass is 488 g/mol. The lowest BCUT2D eigenvalue weighted by Gasteiger charge is -2.17. The number of carboxylic acids is 1. The van der Waals surface area contributed by atoms with Gasteiger partial charge in [-0.1, -0.05) is 0 Å². The summed E-state index contributed by atoms with van der Waals surface area (Å²) in [5.41, 5.74) is 12.1. The first-order chi connectivity index (χ1) is 17.4. The molecule has 3 heterocycles. The van der Waals surface area contributed by atoms with Crippen molar-refractivity contribution in [2.24, 2.45) is 11.7 Å². The maximum atomic E-state index is 13.9. The minimum Gasteiger partial charge on any atom is -0.478 e. The second kappa shape index (κ2) is 8.53. The molecule has 4 N–H and O–H groups in total. The number of fused-ring (bicyclic) bond motifs is 3. The molecule has 7 nitrogen and oxygen atoms in total. The molecule has 6 rings (SSSR count). The van der Waals surface area contributed by atoms with E-state index < -0.39 is 17.6 Å². The average Bonchev–Trinajstić information content (AvgIpc) is 3.64. The molecule has 182 valence electrons. The molecular weight excluding hydrogens is 466 g/mol. The van der Waals surface area contributed by atoms with E-state index in [4.69, 9.17) is 10.5 Å². The zero-order valence-corrected chi connectivity index (χ0v) is 19.1. The lowest BCUT2D eigenvalue weighted by Crippen LogP contribution is -2.17. The van der Waals surface area contributed by atoms with Crippen molar-refractivity contribution in [1.29, 1.82) is 0 Å². The van der Waals surface area contributed by atoms with Gasteiger partial charge >= 0.3 is 5.97 Å². The molecule has 0 aliphatic heterocycles. The van der Waals surface area contributed by atoms with Crippen LogP contribution in [0, 0.1) is 17.6 Å². The van der Waals surface area contributed by atoms with E-state index >= 15 is 0 Å². The summed E-state index contributed by atoms with van der Waals surface area (Å²) in [6, 6.07) is 7.97. The number of benzene rings is 1. The third-order valence-electron chi connectivity index (χ3n) is 6.85. The Balaban J connectivity index is 1.33. The minimum absolute atomic E-state index is 0.128. The van der Waals surface area contributed by atoms with E-state index in [1.165, 1.54) is 6.07 Å². The normalized spacial score (nSPS) is 15.2. The van der Waals surface area contributed by atoms with Crippen LogP contribution in [-0.4, -0.2) is 26.0 Å². The van der Waals surface area contributed by atoms with Crippen LogP contribution in [0.2, 0.25) is 0 Å². The van der Waals surface area contributed by atoms with E-state index in [2.05, 4.69) is 15.0 Å². The first-order valence-electron chi connectivity index (χ1n) is 11.7. The molecular formula is C27H22F2N4O3. The quantitative estimate of drug-likeness (QED) is 0.334. The van der Waals surface area contributed by atoms with Crippen LogP contribution in [0.25, 0.3) is 22.5 Å². The van der Waals surface area contributed by atoms with Crippen molar-refractivity contribution >= 4 is 5.97 Å². The van der Waals surface area contributed by atoms with Crippen molar-refractivity contribution in [3.63, 3.8) is 0 Å². The molecule has 4 aromatic rings. The Morgan fingerprint density at radius 3 is 2.64 bits per heavy atom. The van der Waals surface area contributed by atoms with Gasteiger partial charge in [-0.05, 0) is 67.0 Å². The molecule has 2 aliphatic carbocycles. The lowest BCUT2D eigenvalue weighted by molar-refractivity contribution is 0.0694. The van der Waals surface area contributed by atoms with Crippen LogP contribution in [0.3, 0.4) is 0 Å². The Morgan fingerprint density at radius 1 is 1.11 bits per heavy atom. The molecule has 2 aliphatic rings. The third kappa shape index (κ3) is 3.91. The molecule has 0 spiro atoms. The van der Waals surface area contributed by atoms with Crippen molar-refractivity contribution in [3.8, 4) is 34.1 Å². The summed E-state index contributed by atoms with van der Waals surface area (Å²) < 4.78 is 32.4. The summed E-state index contributed by atoms with van der Waals surface area (Å²) in [4.78, 5) is 24.3. The van der Waals surface area contributed by atoms with Gasteiger partial charge in [-0.2, -0.15) is 0 Å². The van der Waals surface area contributed by atoms with Crippen molar-refractivity contribution in [2.75, 3.05) is 0 Å². The van der Waals surface area contributed by atoms with Crippen molar-refractivity contribution in [3.05, 3.63) is 82.8 Å². The molecule has 1 saturated carbocycles. The number of carboxylic acid groups (broad SMARTS) is 1. The first-order valence-corrected chi connectivity index (χ1v) is 11.7. The van der Waals surface area contributed by atoms with E-state index in [-0.39, 0.29) is 17.7 Å². The van der Waals surface area contributed by atoms with Gasteiger partial charge in [0.05, 0.1) is 17.0 Å². The third-order valence-corrected chi connectivity index (χ3v) is 6.85. The fraction of sp³-hybridized carbons (Fsp3) is 0.222. The number of carbonyl (C=O) groups is 1. The van der Waals surface area contributed by atoms with Gasteiger partial charge in [-0.25, -0.2) is 18.6 Å². The Bertz CT molecular complexity index is 1500. The largest absolute Gasteiger partial charge is 0.478 e. The van der Waals surface area contributed by atoms with Gasteiger partial charge in [0.1, 0.15) is 5.82 Å². The second-order valence-corrected chi connectivity index (χ2v) is 9.22. The van der Waals surface area contributed by atoms with Gasteiger partial charge in [0.15, 0.2) is 11.6 Å². The number of pyridine rings is 2. The molecule has 0 radical (unpaired) electrons. The summed E-state index contributed by atoms with van der Waals surface area (Å²) in [7, 11) is 0. The van der Waals surface area contributed by atoms with Gasteiger partial charge in [-0.3, -0.25) is 4.98 Å². The highest BCUT2D eigenvalue weighted by Crippen LogP contribution is 2.44. The Kier molecular flexibility index (Phi) is 5.30. The molecule has 3 aromatic heterocycles. The van der Waals surface area contributed by atoms with E-state index in [1.807, 2.05) is 6.07 Å². The highest BCUT2D eigenvalue weighted by atomic mass is 19.1. The van der Waals surface area contributed by atoms with E-state index in [1.54, 1.807) is 24.5 Å². The van der Waals surface area contributed by atoms with Gasteiger partial charge < -0.3 is 20.6 Å². The van der Waals surface area contributed by atoms with Crippen molar-refractivity contribution in [2.45, 2.75) is 31.7 Å². The first kappa shape index (κ1) is 22.4. The van der Waals surface area contributed by atoms with E-state index in [9.17, 15) is 18.7 Å². The van der Waals surface area contributed by atoms with Gasteiger partial charge in [-0.15, -0.1) is 0 Å². The predicted molar refractivity (Wildman–Crippen MR) is 128 cm³/mol. The molecule has 36 heavy (non-hydrogen) atoms. The minimum atomic E-state index is -0.964. The number of nitrogens with two attached hydrogens (primary N) is 1. The Labute approximate surface area is 205 Å². The number of hydrogen-bond donors (Lipinski definition) is 3. The number of aryl methyl sites for hydroxylation is 1. The summed E-state index contributed by atoms with van der Waals surface area (Å²) in [6.45, 7) is 0. The molecule has 1 unspecified atom stereocenters. The summed E-state index contributed by atoms with van der Waals surface area (Å²) in [5.74, 6) is -2.14. The van der Waals surface area contributed by atoms with Crippen LogP contribution in [-0.2, 0) is 12.8 Å². The maximum absolute atomic E-state index is 13.9. The average molecular weight is 488 g/mol. The van der Waals surface area contributed by atoms with Crippen LogP contribution in [0.4, 0.5) is 8.78 Å². The fourth-order valence-corrected chi connectivity index (χ4v) is 4.82. The highest BCUT2D eigenvalue weighted by Gasteiger charge is 2.36. The number of aromatic nitrogens is 3. The molecule has 1 fully saturated rings. The fourth-order valence-electron chi connectivity index (χ4n) is 4.82. The van der Waals surface area contributed by atoms with Gasteiger partial charge in [0.2, 0.25) is 5.88 Å². The molecule has 0 bridgehead atoms. The lowest BCUT2D eigenvalue weighted by atomic mass is 9.88. The molecule has 1 atom stereocenters. The number of ether oxygens (including phenoxy) is 1.